The lowest BCUT2D eigenvalue weighted by Crippen LogP contribution is -2.40. The summed E-state index contributed by atoms with van der Waals surface area (Å²) in [5.74, 6) is 0.395. The topological polar surface area (TPSA) is 95.5 Å². The molecule has 1 aliphatic rings. The van der Waals surface area contributed by atoms with Gasteiger partial charge < -0.3 is 15.7 Å². The molecule has 0 saturated heterocycles. The zero-order valence-corrected chi connectivity index (χ0v) is 19.5. The van der Waals surface area contributed by atoms with Crippen LogP contribution in [-0.2, 0) is 14.4 Å². The van der Waals surface area contributed by atoms with E-state index < -0.39 is 5.97 Å². The van der Waals surface area contributed by atoms with Gasteiger partial charge in [0.25, 0.3) is 0 Å². The van der Waals surface area contributed by atoms with Gasteiger partial charge in [-0.1, -0.05) is 74.1 Å². The van der Waals surface area contributed by atoms with Gasteiger partial charge in [-0.05, 0) is 19.3 Å². The lowest BCUT2D eigenvalue weighted by atomic mass is 9.83. The van der Waals surface area contributed by atoms with Crippen LogP contribution in [0.2, 0.25) is 0 Å². The number of carbonyl (C=O) groups excluding carboxylic acids is 2. The maximum absolute atomic E-state index is 11.5. The summed E-state index contributed by atoms with van der Waals surface area (Å²) in [6, 6.07) is -0.136. The van der Waals surface area contributed by atoms with Crippen molar-refractivity contribution < 1.29 is 19.5 Å². The number of amides is 1. The molecule has 28 heavy (non-hydrogen) atoms. The maximum atomic E-state index is 11.5. The van der Waals surface area contributed by atoms with E-state index in [1.165, 1.54) is 19.3 Å². The van der Waals surface area contributed by atoms with Gasteiger partial charge in [0, 0.05) is 24.9 Å². The Morgan fingerprint density at radius 3 is 1.82 bits per heavy atom. The van der Waals surface area contributed by atoms with Crippen molar-refractivity contribution in [1.29, 1.82) is 0 Å². The summed E-state index contributed by atoms with van der Waals surface area (Å²) in [6.07, 6.45) is 8.40. The number of rotatable bonds is 8. The Bertz CT molecular complexity index is 379. The van der Waals surface area contributed by atoms with Crippen LogP contribution in [0.1, 0.15) is 93.4 Å². The van der Waals surface area contributed by atoms with Crippen molar-refractivity contribution in [3.63, 3.8) is 0 Å². The van der Waals surface area contributed by atoms with Crippen LogP contribution in [0, 0.1) is 11.8 Å². The molecule has 1 fully saturated rings. The van der Waals surface area contributed by atoms with Gasteiger partial charge in [-0.15, -0.1) is 0 Å². The number of hydrogen-bond donors (Lipinski definition) is 3. The van der Waals surface area contributed by atoms with E-state index >= 15 is 0 Å². The fourth-order valence-corrected chi connectivity index (χ4v) is 2.83. The Labute approximate surface area is 173 Å². The molecule has 0 bridgehead atoms. The van der Waals surface area contributed by atoms with Gasteiger partial charge in [0.05, 0.1) is 0 Å². The Balaban J connectivity index is -0.000000350. The Morgan fingerprint density at radius 2 is 1.54 bits per heavy atom. The highest BCUT2D eigenvalue weighted by molar-refractivity contribution is 5.82. The maximum Gasteiger partial charge on any atom is 0.320 e. The van der Waals surface area contributed by atoms with Crippen LogP contribution in [0.5, 0.6) is 0 Å². The average molecular weight is 403 g/mol. The Hall–Kier alpha value is -1.43. The number of carbonyl (C=O) groups is 3. The molecule has 1 aliphatic carbocycles. The first-order valence-corrected chi connectivity index (χ1v) is 10.8. The monoisotopic (exact) mass is 402 g/mol. The summed E-state index contributed by atoms with van der Waals surface area (Å²) in [4.78, 5) is 31.1. The molecule has 6 heteroatoms. The third-order valence-electron chi connectivity index (χ3n) is 4.10. The quantitative estimate of drug-likeness (QED) is 0.522. The van der Waals surface area contributed by atoms with Crippen LogP contribution < -0.4 is 10.6 Å². The third-order valence-corrected chi connectivity index (χ3v) is 4.10. The molecule has 6 nitrogen and oxygen atoms in total. The summed E-state index contributed by atoms with van der Waals surface area (Å²) in [7, 11) is 1.56. The second kappa shape index (κ2) is 21.9. The third kappa shape index (κ3) is 19.3. The molecule has 0 aromatic carbocycles. The number of nitrogens with one attached hydrogen (secondary N) is 2. The number of Topliss-reactive ketones (excluding diaryl/α,β-unsaturated/α-hetero) is 1. The minimum atomic E-state index is -0.749. The van der Waals surface area contributed by atoms with Gasteiger partial charge in [0.15, 0.2) is 0 Å². The molecule has 0 aliphatic heterocycles. The van der Waals surface area contributed by atoms with Crippen LogP contribution in [-0.4, -0.2) is 42.4 Å². The minimum absolute atomic E-state index is 0.239. The highest BCUT2D eigenvalue weighted by Gasteiger charge is 2.22. The molecule has 3 N–H and O–H groups in total. The van der Waals surface area contributed by atoms with Crippen molar-refractivity contribution in [1.82, 2.24) is 10.6 Å². The van der Waals surface area contributed by atoms with Crippen molar-refractivity contribution in [2.45, 2.75) is 105 Å². The fourth-order valence-electron chi connectivity index (χ4n) is 2.83. The van der Waals surface area contributed by atoms with Gasteiger partial charge in [-0.3, -0.25) is 14.4 Å². The van der Waals surface area contributed by atoms with Crippen LogP contribution in [0.4, 0.5) is 0 Å². The van der Waals surface area contributed by atoms with E-state index in [2.05, 4.69) is 10.6 Å². The number of carboxylic acids is 1. The fraction of sp³-hybridized carbons (Fsp3) is 0.864. The summed E-state index contributed by atoms with van der Waals surface area (Å²) in [5, 5.41) is 13.9. The predicted molar refractivity (Wildman–Crippen MR) is 117 cm³/mol. The van der Waals surface area contributed by atoms with Crippen molar-refractivity contribution in [3.8, 4) is 0 Å². The summed E-state index contributed by atoms with van der Waals surface area (Å²) in [6.45, 7) is 13.9. The van der Waals surface area contributed by atoms with Crippen LogP contribution in [0.3, 0.4) is 0 Å². The normalized spacial score (nSPS) is 14.4. The molecule has 1 amide bonds. The van der Waals surface area contributed by atoms with Crippen molar-refractivity contribution >= 4 is 18.2 Å². The van der Waals surface area contributed by atoms with Crippen LogP contribution >= 0.6 is 0 Å². The first-order chi connectivity index (χ1) is 13.2. The molecule has 1 atom stereocenters. The van der Waals surface area contributed by atoms with Crippen LogP contribution in [0.15, 0.2) is 0 Å². The van der Waals surface area contributed by atoms with Crippen molar-refractivity contribution in [3.05, 3.63) is 0 Å². The summed E-state index contributed by atoms with van der Waals surface area (Å²) < 4.78 is 0. The molecule has 0 spiro atoms. The van der Waals surface area contributed by atoms with Crippen LogP contribution in [0.25, 0.3) is 0 Å². The number of hydrogen-bond acceptors (Lipinski definition) is 4. The predicted octanol–water partition coefficient (Wildman–Crippen LogP) is 4.42. The molecule has 0 aromatic heterocycles. The molecule has 1 unspecified atom stereocenters. The summed E-state index contributed by atoms with van der Waals surface area (Å²) >= 11 is 0. The van der Waals surface area contributed by atoms with Gasteiger partial charge in [0.1, 0.15) is 11.8 Å². The summed E-state index contributed by atoms with van der Waals surface area (Å²) in [5.41, 5.74) is 0. The van der Waals surface area contributed by atoms with E-state index in [1.54, 1.807) is 7.05 Å². The van der Waals surface area contributed by atoms with E-state index in [-0.39, 0.29) is 18.0 Å². The lowest BCUT2D eigenvalue weighted by molar-refractivity contribution is -0.139. The molecule has 0 aromatic rings. The van der Waals surface area contributed by atoms with Gasteiger partial charge in [0.2, 0.25) is 6.41 Å². The second-order valence-electron chi connectivity index (χ2n) is 7.30. The Kier molecular flexibility index (Phi) is 24.4. The van der Waals surface area contributed by atoms with Gasteiger partial charge >= 0.3 is 5.97 Å². The van der Waals surface area contributed by atoms with Crippen molar-refractivity contribution in [2.24, 2.45) is 11.8 Å². The second-order valence-corrected chi connectivity index (χ2v) is 7.30. The zero-order valence-electron chi connectivity index (χ0n) is 19.5. The first-order valence-electron chi connectivity index (χ1n) is 10.8. The van der Waals surface area contributed by atoms with Gasteiger partial charge in [-0.2, -0.15) is 0 Å². The molecular formula is C22H46N2O4. The van der Waals surface area contributed by atoms with Crippen molar-refractivity contribution in [2.75, 3.05) is 7.05 Å². The number of ketones is 1. The first kappa shape index (κ1) is 31.3. The molecule has 0 radical (unpaired) electrons. The molecular weight excluding hydrogens is 356 g/mol. The number of carboxylic acid groups (broad SMARTS) is 1. The van der Waals surface area contributed by atoms with Gasteiger partial charge in [-0.25, -0.2) is 0 Å². The number of aliphatic carboxylic acids is 1. The van der Waals surface area contributed by atoms with E-state index in [0.717, 1.165) is 19.3 Å². The standard InChI is InChI=1S/C10H18O.C8H17NO2.C2H5NO.C2H6/c1-8(2)10(11)9-6-4-3-5-7-9;1-4-5-7(8(10)11)9-6(2)3;1-3-2-4;1-2/h8-9H,3-7H2,1-2H3;6-7,9H,4-5H2,1-3H3,(H,10,11);2H,1H3,(H,3,4);1-2H3. The average Bonchev–Trinajstić information content (AvgIpc) is 2.69. The minimum Gasteiger partial charge on any atom is -0.480 e. The molecule has 1 rings (SSSR count). The zero-order chi connectivity index (χ0) is 22.5. The SMILES string of the molecule is CC.CC(C)C(=O)C1CCCCC1.CCCC(NC(C)C)C(=O)O.CNC=O. The Morgan fingerprint density at radius 1 is 1.07 bits per heavy atom. The highest BCUT2D eigenvalue weighted by Crippen LogP contribution is 2.26. The molecule has 0 heterocycles. The molecule has 1 saturated carbocycles. The lowest BCUT2D eigenvalue weighted by Gasteiger charge is -2.21. The molecule has 168 valence electrons. The largest absolute Gasteiger partial charge is 0.480 e. The smallest absolute Gasteiger partial charge is 0.320 e. The van der Waals surface area contributed by atoms with E-state index in [0.29, 0.717) is 24.5 Å². The van der Waals surface area contributed by atoms with E-state index in [1.807, 2.05) is 48.5 Å². The van der Waals surface area contributed by atoms with E-state index in [9.17, 15) is 9.59 Å². The highest BCUT2D eigenvalue weighted by atomic mass is 16.4. The van der Waals surface area contributed by atoms with E-state index in [4.69, 9.17) is 9.90 Å².